The van der Waals surface area contributed by atoms with Crippen LogP contribution in [0.5, 0.6) is 0 Å². The van der Waals surface area contributed by atoms with Crippen LogP contribution in [0.25, 0.3) is 0 Å². The molecule has 0 aliphatic carbocycles. The molecule has 0 aromatic heterocycles. The Morgan fingerprint density at radius 1 is 1.42 bits per heavy atom. The summed E-state index contributed by atoms with van der Waals surface area (Å²) in [6.45, 7) is 0.759. The van der Waals surface area contributed by atoms with Crippen LogP contribution in [0, 0.1) is 11.3 Å². The van der Waals surface area contributed by atoms with Gasteiger partial charge in [0.25, 0.3) is 0 Å². The first-order valence-corrected chi connectivity index (χ1v) is 7.63. The highest BCUT2D eigenvalue weighted by atomic mass is 79.9. The van der Waals surface area contributed by atoms with Gasteiger partial charge >= 0.3 is 0 Å². The largest absolute Gasteiger partial charge is 0.326 e. The van der Waals surface area contributed by atoms with E-state index in [-0.39, 0.29) is 23.3 Å². The summed E-state index contributed by atoms with van der Waals surface area (Å²) < 4.78 is 26.6. The molecular formula is C11H13BrClN3O2S. The topological polar surface area (TPSA) is 87.2 Å². The zero-order valence-corrected chi connectivity index (χ0v) is 13.1. The van der Waals surface area contributed by atoms with Crippen LogP contribution in [0.15, 0.2) is 27.6 Å². The van der Waals surface area contributed by atoms with E-state index in [1.54, 1.807) is 6.07 Å². The molecule has 0 amide bonds. The first-order chi connectivity index (χ1) is 8.43. The summed E-state index contributed by atoms with van der Waals surface area (Å²) in [7, 11) is -3.55. The van der Waals surface area contributed by atoms with E-state index in [4.69, 9.17) is 11.0 Å². The summed E-state index contributed by atoms with van der Waals surface area (Å²) in [5, 5.41) is 8.86. The van der Waals surface area contributed by atoms with Gasteiger partial charge < -0.3 is 5.73 Å². The van der Waals surface area contributed by atoms with E-state index in [1.807, 2.05) is 6.07 Å². The van der Waals surface area contributed by atoms with E-state index in [0.717, 1.165) is 0 Å². The maximum absolute atomic E-state index is 12.3. The third-order valence-corrected chi connectivity index (χ3v) is 5.13. The molecule has 0 radical (unpaired) electrons. The van der Waals surface area contributed by atoms with Gasteiger partial charge in [0.05, 0.1) is 16.5 Å². The van der Waals surface area contributed by atoms with Crippen molar-refractivity contribution in [2.24, 2.45) is 5.73 Å². The summed E-state index contributed by atoms with van der Waals surface area (Å²) in [5.74, 6) is 0. The minimum absolute atomic E-state index is 0. The minimum atomic E-state index is -3.55. The van der Waals surface area contributed by atoms with Gasteiger partial charge in [0.1, 0.15) is 0 Å². The van der Waals surface area contributed by atoms with Gasteiger partial charge in [0.2, 0.25) is 10.0 Å². The van der Waals surface area contributed by atoms with Gasteiger partial charge in [-0.15, -0.1) is 12.4 Å². The second-order valence-corrected chi connectivity index (χ2v) is 7.05. The van der Waals surface area contributed by atoms with E-state index < -0.39 is 10.0 Å². The highest BCUT2D eigenvalue weighted by Crippen LogP contribution is 2.24. The second kappa shape index (κ2) is 6.20. The van der Waals surface area contributed by atoms with Crippen LogP contribution < -0.4 is 5.73 Å². The Hall–Kier alpha value is -0.650. The molecule has 0 saturated carbocycles. The summed E-state index contributed by atoms with van der Waals surface area (Å²) in [6.07, 6.45) is 0.665. The number of hydrogen-bond acceptors (Lipinski definition) is 4. The van der Waals surface area contributed by atoms with Crippen molar-refractivity contribution in [1.29, 1.82) is 5.26 Å². The maximum atomic E-state index is 12.3. The van der Waals surface area contributed by atoms with E-state index in [1.165, 1.54) is 16.4 Å². The van der Waals surface area contributed by atoms with Gasteiger partial charge in [-0.05, 0) is 24.6 Å². The predicted octanol–water partition coefficient (Wildman–Crippen LogP) is 1.46. The Morgan fingerprint density at radius 2 is 2.11 bits per heavy atom. The number of sulfonamides is 1. The number of nitriles is 1. The van der Waals surface area contributed by atoms with Crippen molar-refractivity contribution in [2.45, 2.75) is 17.4 Å². The monoisotopic (exact) mass is 365 g/mol. The fraction of sp³-hybridized carbons (Fsp3) is 0.364. The molecule has 1 aliphatic heterocycles. The molecule has 1 aromatic rings. The average molecular weight is 367 g/mol. The molecule has 0 spiro atoms. The lowest BCUT2D eigenvalue weighted by molar-refractivity contribution is 0.472. The zero-order chi connectivity index (χ0) is 13.3. The van der Waals surface area contributed by atoms with Gasteiger partial charge in [-0.3, -0.25) is 0 Å². The SMILES string of the molecule is Cl.N#Cc1cc(Br)cc(S(=O)(=O)N2CC[C@@H](N)C2)c1. The molecule has 104 valence electrons. The van der Waals surface area contributed by atoms with Crippen LogP contribution in [-0.2, 0) is 10.0 Å². The van der Waals surface area contributed by atoms with Gasteiger partial charge in [-0.2, -0.15) is 9.57 Å². The number of benzene rings is 1. The lowest BCUT2D eigenvalue weighted by atomic mass is 10.2. The molecule has 1 heterocycles. The lowest BCUT2D eigenvalue weighted by Gasteiger charge is -2.16. The molecule has 1 fully saturated rings. The third-order valence-electron chi connectivity index (χ3n) is 2.83. The smallest absolute Gasteiger partial charge is 0.243 e. The van der Waals surface area contributed by atoms with E-state index in [0.29, 0.717) is 29.5 Å². The number of rotatable bonds is 2. The predicted molar refractivity (Wildman–Crippen MR) is 77.5 cm³/mol. The molecular weight excluding hydrogens is 354 g/mol. The summed E-state index contributed by atoms with van der Waals surface area (Å²) in [4.78, 5) is 0.127. The summed E-state index contributed by atoms with van der Waals surface area (Å²) in [6, 6.07) is 6.29. The number of halogens is 2. The number of nitrogens with two attached hydrogens (primary N) is 1. The van der Waals surface area contributed by atoms with Crippen LogP contribution >= 0.6 is 28.3 Å². The van der Waals surface area contributed by atoms with Crippen LogP contribution in [0.1, 0.15) is 12.0 Å². The van der Waals surface area contributed by atoms with E-state index >= 15 is 0 Å². The maximum Gasteiger partial charge on any atom is 0.243 e. The molecule has 0 unspecified atom stereocenters. The normalized spacial score (nSPS) is 19.7. The van der Waals surface area contributed by atoms with E-state index in [9.17, 15) is 8.42 Å². The van der Waals surface area contributed by atoms with Crippen molar-refractivity contribution in [2.75, 3.05) is 13.1 Å². The van der Waals surface area contributed by atoms with Crippen molar-refractivity contribution in [3.63, 3.8) is 0 Å². The molecule has 5 nitrogen and oxygen atoms in total. The van der Waals surface area contributed by atoms with Crippen molar-refractivity contribution < 1.29 is 8.42 Å². The molecule has 19 heavy (non-hydrogen) atoms. The number of hydrogen-bond donors (Lipinski definition) is 1. The molecule has 1 saturated heterocycles. The van der Waals surface area contributed by atoms with Gasteiger partial charge in [-0.1, -0.05) is 15.9 Å². The zero-order valence-electron chi connectivity index (χ0n) is 9.91. The van der Waals surface area contributed by atoms with Crippen LogP contribution in [-0.4, -0.2) is 31.9 Å². The first-order valence-electron chi connectivity index (χ1n) is 5.40. The van der Waals surface area contributed by atoms with Gasteiger partial charge in [0.15, 0.2) is 0 Å². The fourth-order valence-corrected chi connectivity index (χ4v) is 4.13. The Balaban J connectivity index is 0.00000180. The first kappa shape index (κ1) is 16.4. The molecule has 1 aromatic carbocycles. The standard InChI is InChI=1S/C11H12BrN3O2S.ClH/c12-9-3-8(6-13)4-11(5-9)18(16,17)15-2-1-10(14)7-15;/h3-5,10H,1-2,7,14H2;1H/t10-;/m1./s1. The van der Waals surface area contributed by atoms with Crippen molar-refractivity contribution in [1.82, 2.24) is 4.31 Å². The highest BCUT2D eigenvalue weighted by Gasteiger charge is 2.31. The summed E-state index contributed by atoms with van der Waals surface area (Å²) >= 11 is 3.21. The quantitative estimate of drug-likeness (QED) is 0.858. The van der Waals surface area contributed by atoms with E-state index in [2.05, 4.69) is 15.9 Å². The minimum Gasteiger partial charge on any atom is -0.326 e. The van der Waals surface area contributed by atoms with Gasteiger partial charge in [0, 0.05) is 23.6 Å². The Morgan fingerprint density at radius 3 is 2.63 bits per heavy atom. The van der Waals surface area contributed by atoms with Crippen LogP contribution in [0.4, 0.5) is 0 Å². The average Bonchev–Trinajstić information content (AvgIpc) is 2.75. The van der Waals surface area contributed by atoms with Crippen LogP contribution in [0.2, 0.25) is 0 Å². The molecule has 2 N–H and O–H groups in total. The third kappa shape index (κ3) is 3.46. The van der Waals surface area contributed by atoms with Crippen molar-refractivity contribution >= 4 is 38.4 Å². The Labute approximate surface area is 127 Å². The molecule has 1 atom stereocenters. The van der Waals surface area contributed by atoms with Crippen molar-refractivity contribution in [3.8, 4) is 6.07 Å². The molecule has 0 bridgehead atoms. The highest BCUT2D eigenvalue weighted by molar-refractivity contribution is 9.10. The van der Waals surface area contributed by atoms with Crippen LogP contribution in [0.3, 0.4) is 0 Å². The molecule has 2 rings (SSSR count). The Kier molecular flexibility index (Phi) is 5.35. The van der Waals surface area contributed by atoms with Gasteiger partial charge in [-0.25, -0.2) is 8.42 Å². The molecule has 8 heteroatoms. The Bertz CT molecular complexity index is 615. The second-order valence-electron chi connectivity index (χ2n) is 4.20. The lowest BCUT2D eigenvalue weighted by Crippen LogP contribution is -2.32. The summed E-state index contributed by atoms with van der Waals surface area (Å²) in [5.41, 5.74) is 6.03. The number of nitrogens with zero attached hydrogens (tertiary/aromatic N) is 2. The van der Waals surface area contributed by atoms with Crippen molar-refractivity contribution in [3.05, 3.63) is 28.2 Å². The molecule has 1 aliphatic rings. The fourth-order valence-electron chi connectivity index (χ4n) is 1.90.